The SMILES string of the molecule is CCC1CN(CC(=O)NC2(C#N)CCCC2)CCC1N. The van der Waals surface area contributed by atoms with Crippen LogP contribution in [0.15, 0.2) is 0 Å². The van der Waals surface area contributed by atoms with Crippen LogP contribution in [0.4, 0.5) is 0 Å². The van der Waals surface area contributed by atoms with E-state index in [0.29, 0.717) is 12.5 Å². The Kier molecular flexibility index (Phi) is 5.00. The molecule has 1 aliphatic carbocycles. The van der Waals surface area contributed by atoms with Gasteiger partial charge in [-0.1, -0.05) is 13.3 Å². The fraction of sp³-hybridized carbons (Fsp3) is 0.867. The standard InChI is InChI=1S/C15H26N4O/c1-2-12-9-19(8-5-13(12)17)10-14(20)18-15(11-16)6-3-4-7-15/h12-13H,2-10,17H2,1H3,(H,18,20). The molecule has 0 spiro atoms. The van der Waals surface area contributed by atoms with Crippen molar-refractivity contribution in [3.05, 3.63) is 0 Å². The first-order valence-corrected chi connectivity index (χ1v) is 7.79. The molecule has 2 fully saturated rings. The lowest BCUT2D eigenvalue weighted by atomic mass is 9.91. The molecular formula is C15H26N4O. The molecule has 0 aromatic rings. The van der Waals surface area contributed by atoms with Crippen LogP contribution in [-0.4, -0.2) is 42.0 Å². The molecule has 20 heavy (non-hydrogen) atoms. The molecule has 2 aliphatic rings. The average molecular weight is 278 g/mol. The van der Waals surface area contributed by atoms with Crippen molar-refractivity contribution in [3.63, 3.8) is 0 Å². The van der Waals surface area contributed by atoms with Gasteiger partial charge in [0.15, 0.2) is 0 Å². The number of hydrogen-bond acceptors (Lipinski definition) is 4. The van der Waals surface area contributed by atoms with Gasteiger partial charge in [0.1, 0.15) is 5.54 Å². The predicted octanol–water partition coefficient (Wildman–Crippen LogP) is 0.998. The van der Waals surface area contributed by atoms with E-state index in [1.807, 2.05) is 0 Å². The Balaban J connectivity index is 1.84. The zero-order valence-corrected chi connectivity index (χ0v) is 12.4. The molecule has 2 unspecified atom stereocenters. The van der Waals surface area contributed by atoms with Crippen LogP contribution in [0.25, 0.3) is 0 Å². The Bertz CT molecular complexity index is 384. The minimum atomic E-state index is -0.604. The maximum Gasteiger partial charge on any atom is 0.235 e. The molecule has 0 radical (unpaired) electrons. The first-order valence-electron chi connectivity index (χ1n) is 7.79. The number of rotatable bonds is 4. The highest BCUT2D eigenvalue weighted by molar-refractivity contribution is 5.79. The van der Waals surface area contributed by atoms with Gasteiger partial charge in [-0.15, -0.1) is 0 Å². The number of nitrogens with two attached hydrogens (primary N) is 1. The van der Waals surface area contributed by atoms with Crippen molar-refractivity contribution in [1.29, 1.82) is 5.26 Å². The van der Waals surface area contributed by atoms with Gasteiger partial charge in [0, 0.05) is 19.1 Å². The minimum Gasteiger partial charge on any atom is -0.337 e. The summed E-state index contributed by atoms with van der Waals surface area (Å²) in [4.78, 5) is 14.3. The molecule has 1 amide bonds. The molecule has 5 nitrogen and oxygen atoms in total. The number of nitrogens with one attached hydrogen (secondary N) is 1. The molecule has 1 saturated heterocycles. The maximum absolute atomic E-state index is 12.2. The number of likely N-dealkylation sites (tertiary alicyclic amines) is 1. The molecule has 3 N–H and O–H groups in total. The molecule has 0 aromatic heterocycles. The summed E-state index contributed by atoms with van der Waals surface area (Å²) in [6, 6.07) is 2.57. The summed E-state index contributed by atoms with van der Waals surface area (Å²) in [7, 11) is 0. The summed E-state index contributed by atoms with van der Waals surface area (Å²) >= 11 is 0. The number of amides is 1. The van der Waals surface area contributed by atoms with Gasteiger partial charge in [0.05, 0.1) is 12.6 Å². The van der Waals surface area contributed by atoms with E-state index < -0.39 is 5.54 Å². The first-order chi connectivity index (χ1) is 9.58. The summed E-state index contributed by atoms with van der Waals surface area (Å²) < 4.78 is 0. The van der Waals surface area contributed by atoms with Crippen molar-refractivity contribution in [2.24, 2.45) is 11.7 Å². The molecule has 5 heteroatoms. The maximum atomic E-state index is 12.2. The van der Waals surface area contributed by atoms with Crippen LogP contribution in [-0.2, 0) is 4.79 Å². The number of piperidine rings is 1. The Labute approximate surface area is 121 Å². The third-order valence-electron chi connectivity index (χ3n) is 4.82. The summed E-state index contributed by atoms with van der Waals surface area (Å²) in [6.07, 6.45) is 5.65. The Morgan fingerprint density at radius 2 is 2.20 bits per heavy atom. The zero-order chi connectivity index (χ0) is 14.6. The van der Waals surface area contributed by atoms with Gasteiger partial charge in [0.25, 0.3) is 0 Å². The van der Waals surface area contributed by atoms with Crippen LogP contribution in [0, 0.1) is 17.2 Å². The smallest absolute Gasteiger partial charge is 0.235 e. The van der Waals surface area contributed by atoms with Crippen LogP contribution < -0.4 is 11.1 Å². The Morgan fingerprint density at radius 1 is 1.50 bits per heavy atom. The van der Waals surface area contributed by atoms with E-state index in [4.69, 9.17) is 5.73 Å². The lowest BCUT2D eigenvalue weighted by molar-refractivity contribution is -0.124. The zero-order valence-electron chi connectivity index (χ0n) is 12.4. The van der Waals surface area contributed by atoms with E-state index in [1.165, 1.54) is 0 Å². The van der Waals surface area contributed by atoms with Gasteiger partial charge in [-0.05, 0) is 38.0 Å². The summed E-state index contributed by atoms with van der Waals surface area (Å²) in [5.74, 6) is 0.465. The molecule has 0 bridgehead atoms. The van der Waals surface area contributed by atoms with Crippen LogP contribution in [0.5, 0.6) is 0 Å². The largest absolute Gasteiger partial charge is 0.337 e. The number of hydrogen-bond donors (Lipinski definition) is 2. The Hall–Kier alpha value is -1.12. The lowest BCUT2D eigenvalue weighted by Gasteiger charge is -2.36. The highest BCUT2D eigenvalue weighted by Crippen LogP contribution is 2.28. The van der Waals surface area contributed by atoms with Crippen LogP contribution in [0.2, 0.25) is 0 Å². The summed E-state index contributed by atoms with van der Waals surface area (Å²) in [5.41, 5.74) is 5.48. The molecule has 0 aromatic carbocycles. The second-order valence-corrected chi connectivity index (χ2v) is 6.31. The quantitative estimate of drug-likeness (QED) is 0.803. The summed E-state index contributed by atoms with van der Waals surface area (Å²) in [5, 5.41) is 12.3. The van der Waals surface area contributed by atoms with Crippen molar-refractivity contribution < 1.29 is 4.79 Å². The predicted molar refractivity (Wildman–Crippen MR) is 77.8 cm³/mol. The van der Waals surface area contributed by atoms with Crippen molar-refractivity contribution in [2.75, 3.05) is 19.6 Å². The van der Waals surface area contributed by atoms with Crippen molar-refractivity contribution in [1.82, 2.24) is 10.2 Å². The monoisotopic (exact) mass is 278 g/mol. The molecule has 112 valence electrons. The number of nitrogens with zero attached hydrogens (tertiary/aromatic N) is 2. The van der Waals surface area contributed by atoms with E-state index >= 15 is 0 Å². The molecule has 2 rings (SSSR count). The van der Waals surface area contributed by atoms with E-state index in [2.05, 4.69) is 23.2 Å². The molecule has 1 saturated carbocycles. The van der Waals surface area contributed by atoms with Gasteiger partial charge in [-0.25, -0.2) is 0 Å². The normalized spacial score (nSPS) is 29.9. The summed E-state index contributed by atoms with van der Waals surface area (Å²) in [6.45, 7) is 4.32. The van der Waals surface area contributed by atoms with E-state index in [0.717, 1.165) is 51.6 Å². The van der Waals surface area contributed by atoms with Crippen molar-refractivity contribution >= 4 is 5.91 Å². The molecule has 2 atom stereocenters. The minimum absolute atomic E-state index is 0.0150. The van der Waals surface area contributed by atoms with Crippen LogP contribution >= 0.6 is 0 Å². The van der Waals surface area contributed by atoms with Gasteiger partial charge in [0.2, 0.25) is 5.91 Å². The fourth-order valence-electron chi connectivity index (χ4n) is 3.45. The van der Waals surface area contributed by atoms with Crippen LogP contribution in [0.3, 0.4) is 0 Å². The highest BCUT2D eigenvalue weighted by atomic mass is 16.2. The van der Waals surface area contributed by atoms with Gasteiger partial charge >= 0.3 is 0 Å². The second-order valence-electron chi connectivity index (χ2n) is 6.31. The van der Waals surface area contributed by atoms with E-state index in [-0.39, 0.29) is 11.9 Å². The van der Waals surface area contributed by atoms with Gasteiger partial charge in [-0.2, -0.15) is 5.26 Å². The highest BCUT2D eigenvalue weighted by Gasteiger charge is 2.36. The average Bonchev–Trinajstić information content (AvgIpc) is 2.90. The number of carbonyl (C=O) groups excluding carboxylic acids is 1. The van der Waals surface area contributed by atoms with E-state index in [9.17, 15) is 10.1 Å². The first kappa shape index (κ1) is 15.3. The topological polar surface area (TPSA) is 82.2 Å². The van der Waals surface area contributed by atoms with Crippen LogP contribution in [0.1, 0.15) is 45.4 Å². The molecule has 1 heterocycles. The number of nitriles is 1. The van der Waals surface area contributed by atoms with Crippen molar-refractivity contribution in [2.45, 2.75) is 57.0 Å². The third-order valence-corrected chi connectivity index (χ3v) is 4.82. The third kappa shape index (κ3) is 3.50. The van der Waals surface area contributed by atoms with Crippen molar-refractivity contribution in [3.8, 4) is 6.07 Å². The Morgan fingerprint density at radius 3 is 2.80 bits per heavy atom. The lowest BCUT2D eigenvalue weighted by Crippen LogP contribution is -2.53. The van der Waals surface area contributed by atoms with Gasteiger partial charge in [-0.3, -0.25) is 9.69 Å². The fourth-order valence-corrected chi connectivity index (χ4v) is 3.45. The number of carbonyl (C=O) groups is 1. The van der Waals surface area contributed by atoms with E-state index in [1.54, 1.807) is 0 Å². The van der Waals surface area contributed by atoms with Gasteiger partial charge < -0.3 is 11.1 Å². The molecule has 1 aliphatic heterocycles. The second kappa shape index (κ2) is 6.55. The molecular weight excluding hydrogens is 252 g/mol.